The third kappa shape index (κ3) is 3.01. The summed E-state index contributed by atoms with van der Waals surface area (Å²) in [6, 6.07) is 5.97. The lowest BCUT2D eigenvalue weighted by atomic mass is 10.2. The van der Waals surface area contributed by atoms with Crippen LogP contribution in [0.4, 0.5) is 5.69 Å². The fraction of sp³-hybridized carbons (Fsp3) is 0.143. The summed E-state index contributed by atoms with van der Waals surface area (Å²) in [5.41, 5.74) is 0.220. The molecule has 7 heteroatoms. The van der Waals surface area contributed by atoms with Crippen LogP contribution in [0.25, 0.3) is 0 Å². The summed E-state index contributed by atoms with van der Waals surface area (Å²) >= 11 is 0. The molecular weight excluding hydrogens is 209 g/mol. The summed E-state index contributed by atoms with van der Waals surface area (Å²) in [6.07, 6.45) is 0. The zero-order chi connectivity index (χ0) is 10.6. The van der Waals surface area contributed by atoms with E-state index in [1.807, 2.05) is 0 Å². The molecular formula is C7H8NO5P. The standard InChI is InChI=1S/C7H8NO5P/c9-8(10)7-4-2-1-3-6(7)5-13-14(11)12/h1-4,11-12H,5H2. The summed E-state index contributed by atoms with van der Waals surface area (Å²) in [6.45, 7) is -0.185. The second kappa shape index (κ2) is 4.97. The van der Waals surface area contributed by atoms with Gasteiger partial charge in [-0.1, -0.05) is 12.1 Å². The van der Waals surface area contributed by atoms with Gasteiger partial charge in [-0.3, -0.25) is 10.1 Å². The first-order valence-corrected chi connectivity index (χ1v) is 4.81. The maximum Gasteiger partial charge on any atom is 0.327 e. The lowest BCUT2D eigenvalue weighted by molar-refractivity contribution is -0.385. The predicted molar refractivity (Wildman–Crippen MR) is 49.2 cm³/mol. The number of hydrogen-bond acceptors (Lipinski definition) is 5. The van der Waals surface area contributed by atoms with Gasteiger partial charge >= 0.3 is 8.60 Å². The highest BCUT2D eigenvalue weighted by atomic mass is 31.2. The van der Waals surface area contributed by atoms with E-state index < -0.39 is 13.5 Å². The first-order valence-electron chi connectivity index (χ1n) is 3.64. The van der Waals surface area contributed by atoms with Gasteiger partial charge in [0.25, 0.3) is 5.69 Å². The SMILES string of the molecule is O=[N+]([O-])c1ccccc1COP(O)O. The number of benzene rings is 1. The van der Waals surface area contributed by atoms with Crippen molar-refractivity contribution >= 4 is 14.3 Å². The van der Waals surface area contributed by atoms with Crippen LogP contribution in [0.3, 0.4) is 0 Å². The lowest BCUT2D eigenvalue weighted by Gasteiger charge is -2.04. The van der Waals surface area contributed by atoms with E-state index in [1.165, 1.54) is 18.2 Å². The summed E-state index contributed by atoms with van der Waals surface area (Å²) in [4.78, 5) is 26.9. The average molecular weight is 217 g/mol. The third-order valence-electron chi connectivity index (χ3n) is 1.52. The molecule has 0 saturated heterocycles. The number of nitrogens with zero attached hydrogens (tertiary/aromatic N) is 1. The lowest BCUT2D eigenvalue weighted by Crippen LogP contribution is -1.96. The van der Waals surface area contributed by atoms with Crippen LogP contribution in [0.15, 0.2) is 24.3 Å². The fourth-order valence-electron chi connectivity index (χ4n) is 0.938. The van der Waals surface area contributed by atoms with Gasteiger partial charge in [0, 0.05) is 6.07 Å². The van der Waals surface area contributed by atoms with Crippen molar-refractivity contribution < 1.29 is 19.2 Å². The topological polar surface area (TPSA) is 92.8 Å². The Bertz CT molecular complexity index is 330. The van der Waals surface area contributed by atoms with E-state index in [-0.39, 0.29) is 12.3 Å². The van der Waals surface area contributed by atoms with Crippen LogP contribution in [-0.4, -0.2) is 14.7 Å². The van der Waals surface area contributed by atoms with Gasteiger partial charge < -0.3 is 14.3 Å². The molecule has 14 heavy (non-hydrogen) atoms. The minimum absolute atomic E-state index is 0.0932. The summed E-state index contributed by atoms with van der Waals surface area (Å²) in [5, 5.41) is 10.5. The zero-order valence-corrected chi connectivity index (χ0v) is 7.92. The molecule has 1 aromatic carbocycles. The molecule has 0 fully saturated rings. The molecule has 0 aromatic heterocycles. The van der Waals surface area contributed by atoms with E-state index in [4.69, 9.17) is 9.79 Å². The monoisotopic (exact) mass is 217 g/mol. The van der Waals surface area contributed by atoms with E-state index in [1.54, 1.807) is 6.07 Å². The highest BCUT2D eigenvalue weighted by Gasteiger charge is 2.13. The van der Waals surface area contributed by atoms with Gasteiger partial charge in [0.2, 0.25) is 0 Å². The van der Waals surface area contributed by atoms with Crippen LogP contribution < -0.4 is 0 Å². The molecule has 0 heterocycles. The van der Waals surface area contributed by atoms with Gasteiger partial charge in [-0.25, -0.2) is 0 Å². The number of nitro groups is 1. The number of hydrogen-bond donors (Lipinski definition) is 2. The molecule has 2 N–H and O–H groups in total. The molecule has 0 aliphatic carbocycles. The van der Waals surface area contributed by atoms with E-state index in [0.717, 1.165) is 0 Å². The van der Waals surface area contributed by atoms with Gasteiger partial charge in [0.05, 0.1) is 17.1 Å². The van der Waals surface area contributed by atoms with Gasteiger partial charge in [-0.15, -0.1) is 0 Å². The molecule has 0 aliphatic heterocycles. The van der Waals surface area contributed by atoms with Gasteiger partial charge in [0.15, 0.2) is 0 Å². The molecule has 0 unspecified atom stereocenters. The van der Waals surface area contributed by atoms with Crippen LogP contribution in [-0.2, 0) is 11.1 Å². The first-order chi connectivity index (χ1) is 6.61. The van der Waals surface area contributed by atoms with Crippen LogP contribution in [0, 0.1) is 10.1 Å². The third-order valence-corrected chi connectivity index (χ3v) is 1.88. The van der Waals surface area contributed by atoms with Crippen molar-refractivity contribution in [1.82, 2.24) is 0 Å². The Hall–Kier alpha value is -1.07. The number of nitro benzene ring substituents is 1. The van der Waals surface area contributed by atoms with Crippen molar-refractivity contribution in [2.45, 2.75) is 6.61 Å². The molecule has 0 radical (unpaired) electrons. The van der Waals surface area contributed by atoms with Crippen molar-refractivity contribution in [3.8, 4) is 0 Å². The maximum absolute atomic E-state index is 10.5. The van der Waals surface area contributed by atoms with Crippen molar-refractivity contribution in [1.29, 1.82) is 0 Å². The van der Waals surface area contributed by atoms with Gasteiger partial charge in [0.1, 0.15) is 0 Å². The predicted octanol–water partition coefficient (Wildman–Crippen LogP) is 1.32. The molecule has 0 amide bonds. The molecule has 76 valence electrons. The van der Waals surface area contributed by atoms with E-state index in [2.05, 4.69) is 4.52 Å². The Labute approximate surface area is 80.9 Å². The van der Waals surface area contributed by atoms with Crippen molar-refractivity contribution in [2.75, 3.05) is 0 Å². The molecule has 1 rings (SSSR count). The Morgan fingerprint density at radius 2 is 2.07 bits per heavy atom. The molecule has 0 atom stereocenters. The van der Waals surface area contributed by atoms with Crippen LogP contribution in [0.2, 0.25) is 0 Å². The maximum atomic E-state index is 10.5. The summed E-state index contributed by atoms with van der Waals surface area (Å²) < 4.78 is 4.49. The van der Waals surface area contributed by atoms with Crippen molar-refractivity contribution in [3.05, 3.63) is 39.9 Å². The smallest absolute Gasteiger partial charge is 0.327 e. The quantitative estimate of drug-likeness (QED) is 0.450. The van der Waals surface area contributed by atoms with Gasteiger partial charge in [-0.05, 0) is 6.07 Å². The minimum atomic E-state index is -2.48. The van der Waals surface area contributed by atoms with E-state index >= 15 is 0 Å². The molecule has 0 aliphatic rings. The van der Waals surface area contributed by atoms with Crippen molar-refractivity contribution in [3.63, 3.8) is 0 Å². The largest absolute Gasteiger partial charge is 0.328 e. The molecule has 0 spiro atoms. The first kappa shape index (κ1) is 11.0. The van der Waals surface area contributed by atoms with Gasteiger partial charge in [-0.2, -0.15) is 0 Å². The number of para-hydroxylation sites is 1. The number of rotatable bonds is 4. The van der Waals surface area contributed by atoms with Crippen molar-refractivity contribution in [2.24, 2.45) is 0 Å². The minimum Gasteiger partial charge on any atom is -0.328 e. The van der Waals surface area contributed by atoms with Crippen LogP contribution in [0.5, 0.6) is 0 Å². The Morgan fingerprint density at radius 3 is 2.64 bits per heavy atom. The second-order valence-corrected chi connectivity index (χ2v) is 3.18. The zero-order valence-electron chi connectivity index (χ0n) is 7.03. The molecule has 6 nitrogen and oxygen atoms in total. The fourth-order valence-corrected chi connectivity index (χ4v) is 1.19. The highest BCUT2D eigenvalue weighted by Crippen LogP contribution is 2.28. The molecule has 0 saturated carbocycles. The molecule has 0 bridgehead atoms. The Balaban J connectivity index is 2.79. The van der Waals surface area contributed by atoms with E-state index in [0.29, 0.717) is 5.56 Å². The normalized spacial score (nSPS) is 10.5. The summed E-state index contributed by atoms with van der Waals surface area (Å²) in [5.74, 6) is 0. The van der Waals surface area contributed by atoms with Crippen LogP contribution >= 0.6 is 8.60 Å². The molecule has 1 aromatic rings. The average Bonchev–Trinajstić information content (AvgIpc) is 2.15. The Kier molecular flexibility index (Phi) is 3.91. The van der Waals surface area contributed by atoms with E-state index in [9.17, 15) is 10.1 Å². The second-order valence-electron chi connectivity index (χ2n) is 2.41. The highest BCUT2D eigenvalue weighted by molar-refractivity contribution is 7.39. The Morgan fingerprint density at radius 1 is 1.43 bits per heavy atom. The van der Waals surface area contributed by atoms with Crippen LogP contribution in [0.1, 0.15) is 5.56 Å². The summed E-state index contributed by atoms with van der Waals surface area (Å²) in [7, 11) is -2.48.